The van der Waals surface area contributed by atoms with E-state index in [1.807, 2.05) is 36.5 Å². The zero-order chi connectivity index (χ0) is 22.8. The lowest BCUT2D eigenvalue weighted by Gasteiger charge is -2.33. The Morgan fingerprint density at radius 3 is 2.85 bits per heavy atom. The molecule has 4 aromatic rings. The first-order valence-corrected chi connectivity index (χ1v) is 11.3. The number of fused-ring (bicyclic) bond motifs is 1. The molecule has 1 aliphatic rings. The van der Waals surface area contributed by atoms with Crippen molar-refractivity contribution >= 4 is 28.8 Å². The number of benzene rings is 2. The van der Waals surface area contributed by atoms with Crippen LogP contribution in [0.2, 0.25) is 5.02 Å². The Kier molecular flexibility index (Phi) is 5.96. The number of hydrogen-bond donors (Lipinski definition) is 1. The van der Waals surface area contributed by atoms with Gasteiger partial charge in [0.2, 0.25) is 5.91 Å². The summed E-state index contributed by atoms with van der Waals surface area (Å²) in [6.45, 7) is 1.53. The molecule has 0 bridgehead atoms. The van der Waals surface area contributed by atoms with Gasteiger partial charge in [0.25, 0.3) is 0 Å². The van der Waals surface area contributed by atoms with E-state index in [4.69, 9.17) is 11.6 Å². The molecule has 33 heavy (non-hydrogen) atoms. The largest absolute Gasteiger partial charge is 0.354 e. The predicted octanol–water partition coefficient (Wildman–Crippen LogP) is 4.72. The van der Waals surface area contributed by atoms with Gasteiger partial charge in [0.15, 0.2) is 5.82 Å². The zero-order valence-corrected chi connectivity index (χ0v) is 18.7. The molecule has 0 radical (unpaired) electrons. The van der Waals surface area contributed by atoms with Gasteiger partial charge in [0.1, 0.15) is 11.3 Å². The number of carbonyl (C=O) groups is 1. The highest BCUT2D eigenvalue weighted by molar-refractivity contribution is 6.33. The molecule has 2 aromatic carbocycles. The molecule has 1 atom stereocenters. The Hall–Kier alpha value is -3.45. The SMILES string of the molecule is O=C(NCc1ccccc1F)[C@H]1CCCN(c2nccn3nc(-c4ccccc4Cl)cc23)C1. The fourth-order valence-corrected chi connectivity index (χ4v) is 4.54. The normalized spacial score (nSPS) is 16.2. The first-order chi connectivity index (χ1) is 16.1. The van der Waals surface area contributed by atoms with Crippen LogP contribution in [0.5, 0.6) is 0 Å². The molecular weight excluding hydrogens is 441 g/mol. The highest BCUT2D eigenvalue weighted by atomic mass is 35.5. The summed E-state index contributed by atoms with van der Waals surface area (Å²) < 4.78 is 15.7. The van der Waals surface area contributed by atoms with E-state index in [0.717, 1.165) is 42.0 Å². The minimum atomic E-state index is -0.311. The lowest BCUT2D eigenvalue weighted by Crippen LogP contribution is -2.43. The third-order valence-corrected chi connectivity index (χ3v) is 6.35. The number of hydrogen-bond acceptors (Lipinski definition) is 4. The van der Waals surface area contributed by atoms with Gasteiger partial charge in [-0.05, 0) is 31.0 Å². The number of piperidine rings is 1. The van der Waals surface area contributed by atoms with Crippen LogP contribution in [0.3, 0.4) is 0 Å². The molecule has 0 unspecified atom stereocenters. The van der Waals surface area contributed by atoms with Crippen LogP contribution in [0.15, 0.2) is 67.0 Å². The van der Waals surface area contributed by atoms with Crippen LogP contribution in [-0.4, -0.2) is 33.6 Å². The molecule has 0 aliphatic carbocycles. The third kappa shape index (κ3) is 4.41. The maximum Gasteiger partial charge on any atom is 0.225 e. The van der Waals surface area contributed by atoms with E-state index in [2.05, 4.69) is 20.3 Å². The number of amides is 1. The summed E-state index contributed by atoms with van der Waals surface area (Å²) in [5.41, 5.74) is 2.97. The van der Waals surface area contributed by atoms with Crippen molar-refractivity contribution in [2.75, 3.05) is 18.0 Å². The van der Waals surface area contributed by atoms with Gasteiger partial charge in [-0.15, -0.1) is 0 Å². The van der Waals surface area contributed by atoms with Gasteiger partial charge in [-0.25, -0.2) is 13.9 Å². The van der Waals surface area contributed by atoms with Crippen molar-refractivity contribution in [2.45, 2.75) is 19.4 Å². The molecule has 8 heteroatoms. The molecule has 2 aromatic heterocycles. The smallest absolute Gasteiger partial charge is 0.225 e. The number of nitrogens with one attached hydrogen (secondary N) is 1. The fourth-order valence-electron chi connectivity index (χ4n) is 4.30. The molecule has 1 fully saturated rings. The summed E-state index contributed by atoms with van der Waals surface area (Å²) in [5.74, 6) is 0.211. The van der Waals surface area contributed by atoms with E-state index in [0.29, 0.717) is 17.1 Å². The molecule has 0 saturated carbocycles. The summed E-state index contributed by atoms with van der Waals surface area (Å²) in [4.78, 5) is 19.6. The van der Waals surface area contributed by atoms with Crippen molar-refractivity contribution in [1.29, 1.82) is 0 Å². The summed E-state index contributed by atoms with van der Waals surface area (Å²) in [6.07, 6.45) is 5.17. The van der Waals surface area contributed by atoms with Crippen LogP contribution >= 0.6 is 11.6 Å². The van der Waals surface area contributed by atoms with Crippen LogP contribution in [0, 0.1) is 11.7 Å². The van der Waals surface area contributed by atoms with Crippen LogP contribution in [0.4, 0.5) is 10.2 Å². The van der Waals surface area contributed by atoms with Crippen molar-refractivity contribution in [3.05, 3.63) is 83.4 Å². The number of rotatable bonds is 5. The molecule has 1 N–H and O–H groups in total. The van der Waals surface area contributed by atoms with Crippen LogP contribution in [0.25, 0.3) is 16.8 Å². The maximum absolute atomic E-state index is 13.9. The Balaban J connectivity index is 1.35. The highest BCUT2D eigenvalue weighted by Gasteiger charge is 2.28. The Morgan fingerprint density at radius 1 is 1.18 bits per heavy atom. The molecular formula is C25H23ClFN5O. The Bertz CT molecular complexity index is 1310. The van der Waals surface area contributed by atoms with E-state index in [-0.39, 0.29) is 24.2 Å². The van der Waals surface area contributed by atoms with Crippen molar-refractivity contribution in [2.24, 2.45) is 5.92 Å². The van der Waals surface area contributed by atoms with Gasteiger partial charge in [-0.2, -0.15) is 5.10 Å². The van der Waals surface area contributed by atoms with E-state index in [1.54, 1.807) is 28.9 Å². The van der Waals surface area contributed by atoms with Crippen molar-refractivity contribution in [3.8, 4) is 11.3 Å². The number of anilines is 1. The molecule has 3 heterocycles. The second-order valence-electron chi connectivity index (χ2n) is 8.18. The Morgan fingerprint density at radius 2 is 2.00 bits per heavy atom. The van der Waals surface area contributed by atoms with Crippen LogP contribution in [0.1, 0.15) is 18.4 Å². The van der Waals surface area contributed by atoms with Gasteiger partial charge in [-0.3, -0.25) is 4.79 Å². The molecule has 6 nitrogen and oxygen atoms in total. The topological polar surface area (TPSA) is 62.5 Å². The van der Waals surface area contributed by atoms with Crippen LogP contribution in [-0.2, 0) is 11.3 Å². The second kappa shape index (κ2) is 9.19. The van der Waals surface area contributed by atoms with Gasteiger partial charge in [0.05, 0.1) is 16.6 Å². The van der Waals surface area contributed by atoms with E-state index in [1.165, 1.54) is 6.07 Å². The number of nitrogens with zero attached hydrogens (tertiary/aromatic N) is 4. The van der Waals surface area contributed by atoms with E-state index in [9.17, 15) is 9.18 Å². The van der Waals surface area contributed by atoms with E-state index >= 15 is 0 Å². The fraction of sp³-hybridized carbons (Fsp3) is 0.240. The van der Waals surface area contributed by atoms with Crippen molar-refractivity contribution in [1.82, 2.24) is 19.9 Å². The lowest BCUT2D eigenvalue weighted by atomic mass is 9.97. The van der Waals surface area contributed by atoms with Gasteiger partial charge in [-0.1, -0.05) is 48.0 Å². The summed E-state index contributed by atoms with van der Waals surface area (Å²) in [6, 6.07) is 16.1. The summed E-state index contributed by atoms with van der Waals surface area (Å²) in [5, 5.41) is 8.21. The summed E-state index contributed by atoms with van der Waals surface area (Å²) >= 11 is 6.37. The Labute approximate surface area is 196 Å². The van der Waals surface area contributed by atoms with Crippen LogP contribution < -0.4 is 10.2 Å². The zero-order valence-electron chi connectivity index (χ0n) is 17.9. The molecule has 1 saturated heterocycles. The summed E-state index contributed by atoms with van der Waals surface area (Å²) in [7, 11) is 0. The monoisotopic (exact) mass is 463 g/mol. The minimum Gasteiger partial charge on any atom is -0.354 e. The first kappa shape index (κ1) is 21.4. The molecule has 5 rings (SSSR count). The average molecular weight is 464 g/mol. The van der Waals surface area contributed by atoms with Crippen molar-refractivity contribution < 1.29 is 9.18 Å². The second-order valence-corrected chi connectivity index (χ2v) is 8.59. The van der Waals surface area contributed by atoms with Gasteiger partial charge < -0.3 is 10.2 Å². The predicted molar refractivity (Wildman–Crippen MR) is 127 cm³/mol. The maximum atomic E-state index is 13.9. The molecule has 168 valence electrons. The lowest BCUT2D eigenvalue weighted by molar-refractivity contribution is -0.125. The van der Waals surface area contributed by atoms with E-state index < -0.39 is 0 Å². The van der Waals surface area contributed by atoms with Gasteiger partial charge in [0, 0.05) is 43.2 Å². The minimum absolute atomic E-state index is 0.0693. The number of carbonyl (C=O) groups excluding carboxylic acids is 1. The third-order valence-electron chi connectivity index (χ3n) is 6.02. The highest BCUT2D eigenvalue weighted by Crippen LogP contribution is 2.31. The van der Waals surface area contributed by atoms with Gasteiger partial charge >= 0.3 is 0 Å². The van der Waals surface area contributed by atoms with Crippen molar-refractivity contribution in [3.63, 3.8) is 0 Å². The first-order valence-electron chi connectivity index (χ1n) is 11.0. The number of aromatic nitrogens is 3. The molecule has 1 aliphatic heterocycles. The molecule has 1 amide bonds. The number of halogens is 2. The standard InChI is InChI=1S/C25H23ClFN5O/c26-20-9-3-2-8-19(20)22-14-23-24(28-11-13-32(23)30-22)31-12-5-7-18(16-31)25(33)29-15-17-6-1-4-10-21(17)27/h1-4,6,8-11,13-14,18H,5,7,12,15-16H2,(H,29,33)/t18-/m0/s1. The quantitative estimate of drug-likeness (QED) is 0.465. The molecule has 0 spiro atoms. The average Bonchev–Trinajstić information content (AvgIpc) is 3.28.